The molecule has 1 aromatic rings. The van der Waals surface area contributed by atoms with Crippen LogP contribution in [0.2, 0.25) is 0 Å². The van der Waals surface area contributed by atoms with Crippen LogP contribution in [0.5, 0.6) is 5.75 Å². The molecule has 0 saturated carbocycles. The standard InChI is InChI=1S/C11H14BrNO/c1-6-5-8(12)7(2)10-9(13)3-4-14-11(6)10/h5,9H,3-4,13H2,1-2H3/t9-/m1/s1. The molecule has 2 nitrogen and oxygen atoms in total. The van der Waals surface area contributed by atoms with Crippen LogP contribution >= 0.6 is 15.9 Å². The van der Waals surface area contributed by atoms with Gasteiger partial charge in [-0.1, -0.05) is 15.9 Å². The molecule has 14 heavy (non-hydrogen) atoms. The van der Waals surface area contributed by atoms with E-state index in [0.29, 0.717) is 0 Å². The van der Waals surface area contributed by atoms with E-state index < -0.39 is 0 Å². The Labute approximate surface area is 92.6 Å². The highest BCUT2D eigenvalue weighted by Crippen LogP contribution is 2.39. The summed E-state index contributed by atoms with van der Waals surface area (Å²) in [5.74, 6) is 0.990. The third kappa shape index (κ3) is 1.44. The number of rotatable bonds is 0. The highest BCUT2D eigenvalue weighted by molar-refractivity contribution is 9.10. The van der Waals surface area contributed by atoms with Crippen molar-refractivity contribution in [1.29, 1.82) is 0 Å². The van der Waals surface area contributed by atoms with Crippen LogP contribution in [0.4, 0.5) is 0 Å². The van der Waals surface area contributed by atoms with Crippen molar-refractivity contribution in [3.63, 3.8) is 0 Å². The van der Waals surface area contributed by atoms with Crippen LogP contribution < -0.4 is 10.5 Å². The predicted molar refractivity (Wildman–Crippen MR) is 60.7 cm³/mol. The van der Waals surface area contributed by atoms with Crippen molar-refractivity contribution in [3.8, 4) is 5.75 Å². The molecule has 0 fully saturated rings. The maximum Gasteiger partial charge on any atom is 0.127 e. The van der Waals surface area contributed by atoms with Gasteiger partial charge in [0.1, 0.15) is 5.75 Å². The van der Waals surface area contributed by atoms with Gasteiger partial charge in [-0.3, -0.25) is 0 Å². The van der Waals surface area contributed by atoms with Crippen LogP contribution in [0.1, 0.15) is 29.2 Å². The van der Waals surface area contributed by atoms with E-state index in [1.807, 2.05) is 0 Å². The Morgan fingerprint density at radius 1 is 1.50 bits per heavy atom. The fourth-order valence-corrected chi connectivity index (χ4v) is 2.50. The fraction of sp³-hybridized carbons (Fsp3) is 0.455. The summed E-state index contributed by atoms with van der Waals surface area (Å²) in [5, 5.41) is 0. The summed E-state index contributed by atoms with van der Waals surface area (Å²) in [5.41, 5.74) is 9.62. The van der Waals surface area contributed by atoms with Crippen molar-refractivity contribution in [2.45, 2.75) is 26.3 Å². The SMILES string of the molecule is Cc1cc(Br)c(C)c2c1OCC[C@H]2N. The average Bonchev–Trinajstić information content (AvgIpc) is 2.14. The Kier molecular flexibility index (Phi) is 2.54. The molecule has 0 unspecified atom stereocenters. The molecule has 0 saturated heterocycles. The maximum atomic E-state index is 6.08. The van der Waals surface area contributed by atoms with Gasteiger partial charge in [0, 0.05) is 22.5 Å². The van der Waals surface area contributed by atoms with E-state index in [2.05, 4.69) is 35.8 Å². The quantitative estimate of drug-likeness (QED) is 0.774. The van der Waals surface area contributed by atoms with Crippen molar-refractivity contribution in [3.05, 3.63) is 27.2 Å². The van der Waals surface area contributed by atoms with Crippen LogP contribution in [0.25, 0.3) is 0 Å². The Balaban J connectivity index is 2.67. The third-order valence-electron chi connectivity index (χ3n) is 2.75. The number of fused-ring (bicyclic) bond motifs is 1. The summed E-state index contributed by atoms with van der Waals surface area (Å²) in [6, 6.07) is 2.21. The Bertz CT molecular complexity index is 376. The van der Waals surface area contributed by atoms with Crippen LogP contribution in [0.3, 0.4) is 0 Å². The highest BCUT2D eigenvalue weighted by atomic mass is 79.9. The molecule has 0 aliphatic carbocycles. The molecular formula is C11H14BrNO. The first-order valence-corrected chi connectivity index (χ1v) is 5.58. The van der Waals surface area contributed by atoms with Gasteiger partial charge in [0.25, 0.3) is 0 Å². The van der Waals surface area contributed by atoms with Crippen molar-refractivity contribution >= 4 is 15.9 Å². The first kappa shape index (κ1) is 9.99. The first-order chi connectivity index (χ1) is 6.61. The first-order valence-electron chi connectivity index (χ1n) is 4.79. The van der Waals surface area contributed by atoms with Gasteiger partial charge in [-0.15, -0.1) is 0 Å². The monoisotopic (exact) mass is 255 g/mol. The third-order valence-corrected chi connectivity index (χ3v) is 3.58. The topological polar surface area (TPSA) is 35.2 Å². The van der Waals surface area contributed by atoms with Crippen molar-refractivity contribution in [2.24, 2.45) is 5.73 Å². The van der Waals surface area contributed by atoms with Gasteiger partial charge in [0.05, 0.1) is 6.61 Å². The number of aryl methyl sites for hydroxylation is 1. The van der Waals surface area contributed by atoms with Gasteiger partial charge in [0.15, 0.2) is 0 Å². The van der Waals surface area contributed by atoms with E-state index in [9.17, 15) is 0 Å². The van der Waals surface area contributed by atoms with Gasteiger partial charge < -0.3 is 10.5 Å². The average molecular weight is 256 g/mol. The smallest absolute Gasteiger partial charge is 0.127 e. The number of halogens is 1. The number of hydrogen-bond donors (Lipinski definition) is 1. The zero-order chi connectivity index (χ0) is 10.3. The summed E-state index contributed by atoms with van der Waals surface area (Å²) in [7, 11) is 0. The lowest BCUT2D eigenvalue weighted by atomic mass is 9.94. The maximum absolute atomic E-state index is 6.08. The molecule has 2 rings (SSSR count). The Morgan fingerprint density at radius 3 is 2.93 bits per heavy atom. The lowest BCUT2D eigenvalue weighted by Gasteiger charge is -2.26. The summed E-state index contributed by atoms with van der Waals surface area (Å²) in [4.78, 5) is 0. The van der Waals surface area contributed by atoms with Crippen LogP contribution in [-0.4, -0.2) is 6.61 Å². The molecule has 76 valence electrons. The van der Waals surface area contributed by atoms with Crippen molar-refractivity contribution in [2.75, 3.05) is 6.61 Å². The molecule has 0 radical (unpaired) electrons. The van der Waals surface area contributed by atoms with Gasteiger partial charge in [-0.2, -0.15) is 0 Å². The van der Waals surface area contributed by atoms with E-state index in [4.69, 9.17) is 10.5 Å². The fourth-order valence-electron chi connectivity index (χ4n) is 1.95. The van der Waals surface area contributed by atoms with Gasteiger partial charge >= 0.3 is 0 Å². The second-order valence-electron chi connectivity index (χ2n) is 3.79. The minimum absolute atomic E-state index is 0.120. The lowest BCUT2D eigenvalue weighted by Crippen LogP contribution is -2.22. The molecule has 0 spiro atoms. The Hall–Kier alpha value is -0.540. The van der Waals surface area contributed by atoms with E-state index in [-0.39, 0.29) is 6.04 Å². The van der Waals surface area contributed by atoms with Gasteiger partial charge in [-0.05, 0) is 31.0 Å². The summed E-state index contributed by atoms with van der Waals surface area (Å²) in [6.45, 7) is 4.87. The van der Waals surface area contributed by atoms with Crippen molar-refractivity contribution < 1.29 is 4.74 Å². The second-order valence-corrected chi connectivity index (χ2v) is 4.64. The largest absolute Gasteiger partial charge is 0.493 e. The highest BCUT2D eigenvalue weighted by Gasteiger charge is 2.23. The van der Waals surface area contributed by atoms with E-state index in [1.165, 1.54) is 11.1 Å². The Morgan fingerprint density at radius 2 is 2.21 bits per heavy atom. The molecule has 2 N–H and O–H groups in total. The summed E-state index contributed by atoms with van der Waals surface area (Å²) >= 11 is 3.54. The lowest BCUT2D eigenvalue weighted by molar-refractivity contribution is 0.266. The van der Waals surface area contributed by atoms with E-state index in [0.717, 1.165) is 28.8 Å². The zero-order valence-electron chi connectivity index (χ0n) is 8.43. The van der Waals surface area contributed by atoms with E-state index in [1.54, 1.807) is 0 Å². The molecule has 0 aromatic heterocycles. The normalized spacial score (nSPS) is 20.1. The zero-order valence-corrected chi connectivity index (χ0v) is 10.0. The van der Waals surface area contributed by atoms with Crippen LogP contribution in [-0.2, 0) is 0 Å². The predicted octanol–water partition coefficient (Wildman–Crippen LogP) is 2.85. The molecule has 1 aliphatic heterocycles. The molecule has 1 aliphatic rings. The molecule has 0 amide bonds. The minimum Gasteiger partial charge on any atom is -0.493 e. The minimum atomic E-state index is 0.120. The molecule has 1 heterocycles. The number of ether oxygens (including phenoxy) is 1. The molecule has 1 aromatic carbocycles. The van der Waals surface area contributed by atoms with Gasteiger partial charge in [0.2, 0.25) is 0 Å². The van der Waals surface area contributed by atoms with Crippen molar-refractivity contribution in [1.82, 2.24) is 0 Å². The van der Waals surface area contributed by atoms with Gasteiger partial charge in [-0.25, -0.2) is 0 Å². The number of nitrogens with two attached hydrogens (primary N) is 1. The molecule has 0 bridgehead atoms. The second kappa shape index (κ2) is 3.55. The van der Waals surface area contributed by atoms with E-state index >= 15 is 0 Å². The molecule has 1 atom stereocenters. The van der Waals surface area contributed by atoms with Crippen LogP contribution in [0.15, 0.2) is 10.5 Å². The summed E-state index contributed by atoms with van der Waals surface area (Å²) in [6.07, 6.45) is 0.906. The molecular weight excluding hydrogens is 242 g/mol. The number of benzene rings is 1. The molecule has 3 heteroatoms. The van der Waals surface area contributed by atoms with Crippen LogP contribution in [0, 0.1) is 13.8 Å². The number of hydrogen-bond acceptors (Lipinski definition) is 2. The summed E-state index contributed by atoms with van der Waals surface area (Å²) < 4.78 is 6.78.